The van der Waals surface area contributed by atoms with Gasteiger partial charge < -0.3 is 9.84 Å². The van der Waals surface area contributed by atoms with Gasteiger partial charge in [0.1, 0.15) is 0 Å². The van der Waals surface area contributed by atoms with Crippen molar-refractivity contribution in [1.82, 2.24) is 0 Å². The van der Waals surface area contributed by atoms with E-state index in [9.17, 15) is 5.11 Å². The van der Waals surface area contributed by atoms with Crippen molar-refractivity contribution in [3.8, 4) is 0 Å². The zero-order valence-electron chi connectivity index (χ0n) is 17.1. The van der Waals surface area contributed by atoms with Gasteiger partial charge in [-0.1, -0.05) is 54.9 Å². The van der Waals surface area contributed by atoms with Crippen LogP contribution in [0.2, 0.25) is 0 Å². The van der Waals surface area contributed by atoms with E-state index in [-0.39, 0.29) is 16.2 Å². The molecule has 0 aliphatic heterocycles. The molecule has 3 saturated carbocycles. The summed E-state index contributed by atoms with van der Waals surface area (Å²) in [5, 5.41) is 11.2. The van der Waals surface area contributed by atoms with E-state index in [2.05, 4.69) is 48.5 Å². The Bertz CT molecular complexity index is 458. The highest BCUT2D eigenvalue weighted by Gasteiger charge is 2.56. The fourth-order valence-electron chi connectivity index (χ4n) is 6.30. The van der Waals surface area contributed by atoms with Crippen molar-refractivity contribution in [2.75, 3.05) is 0 Å². The molecule has 3 aliphatic carbocycles. The van der Waals surface area contributed by atoms with E-state index < -0.39 is 6.29 Å². The van der Waals surface area contributed by atoms with E-state index in [1.807, 2.05) is 0 Å². The minimum atomic E-state index is -0.666. The van der Waals surface area contributed by atoms with E-state index in [1.165, 1.54) is 32.1 Å². The van der Waals surface area contributed by atoms with Crippen LogP contribution >= 0.6 is 0 Å². The summed E-state index contributed by atoms with van der Waals surface area (Å²) in [6.07, 6.45) is 7.42. The van der Waals surface area contributed by atoms with Crippen molar-refractivity contribution < 1.29 is 9.84 Å². The second kappa shape index (κ2) is 5.98. The standard InChI is InChI=1S/C22H40O2/c1-20(2,3)13-22(7,21(4,5)6)19(23)24-18-12-14-11-17(18)16-10-8-9-15(14)16/h14-19,23H,8-13H2,1-7H3. The smallest absolute Gasteiger partial charge is 0.160 e. The van der Waals surface area contributed by atoms with Crippen LogP contribution in [-0.2, 0) is 4.74 Å². The molecule has 24 heavy (non-hydrogen) atoms. The molecule has 0 spiro atoms. The fourth-order valence-corrected chi connectivity index (χ4v) is 6.30. The Morgan fingerprint density at radius 1 is 0.917 bits per heavy atom. The van der Waals surface area contributed by atoms with Crippen LogP contribution in [0, 0.1) is 39.9 Å². The topological polar surface area (TPSA) is 29.5 Å². The second-order valence-corrected chi connectivity index (χ2v) is 11.6. The maximum absolute atomic E-state index is 11.2. The largest absolute Gasteiger partial charge is 0.367 e. The van der Waals surface area contributed by atoms with Crippen LogP contribution in [0.1, 0.15) is 87.0 Å². The van der Waals surface area contributed by atoms with Gasteiger partial charge in [0.05, 0.1) is 6.10 Å². The van der Waals surface area contributed by atoms with Crippen LogP contribution in [0.4, 0.5) is 0 Å². The lowest BCUT2D eigenvalue weighted by Gasteiger charge is -2.49. The third kappa shape index (κ3) is 3.18. The summed E-state index contributed by atoms with van der Waals surface area (Å²) < 4.78 is 6.45. The Hall–Kier alpha value is -0.0800. The summed E-state index contributed by atoms with van der Waals surface area (Å²) in [4.78, 5) is 0. The summed E-state index contributed by atoms with van der Waals surface area (Å²) >= 11 is 0. The fraction of sp³-hybridized carbons (Fsp3) is 1.00. The molecule has 1 N–H and O–H groups in total. The molecular weight excluding hydrogens is 296 g/mol. The van der Waals surface area contributed by atoms with Crippen molar-refractivity contribution in [3.63, 3.8) is 0 Å². The molecule has 0 aromatic carbocycles. The molecule has 7 atom stereocenters. The average molecular weight is 337 g/mol. The zero-order chi connectivity index (χ0) is 17.9. The highest BCUT2D eigenvalue weighted by molar-refractivity contribution is 5.04. The van der Waals surface area contributed by atoms with Crippen LogP contribution in [-0.4, -0.2) is 17.5 Å². The number of fused-ring (bicyclic) bond motifs is 5. The van der Waals surface area contributed by atoms with Gasteiger partial charge in [0.2, 0.25) is 0 Å². The lowest BCUT2D eigenvalue weighted by Crippen LogP contribution is -2.49. The molecule has 0 amide bonds. The second-order valence-electron chi connectivity index (χ2n) is 11.6. The van der Waals surface area contributed by atoms with E-state index in [4.69, 9.17) is 4.74 Å². The third-order valence-electron chi connectivity index (χ3n) is 7.83. The molecule has 3 rings (SSSR count). The molecule has 7 unspecified atom stereocenters. The Labute approximate surface area is 149 Å². The van der Waals surface area contributed by atoms with Gasteiger partial charge in [-0.15, -0.1) is 0 Å². The first-order chi connectivity index (χ1) is 10.9. The van der Waals surface area contributed by atoms with Crippen LogP contribution in [0.25, 0.3) is 0 Å². The lowest BCUT2D eigenvalue weighted by molar-refractivity contribution is -0.242. The van der Waals surface area contributed by atoms with Crippen molar-refractivity contribution >= 4 is 0 Å². The van der Waals surface area contributed by atoms with Crippen molar-refractivity contribution in [2.24, 2.45) is 39.9 Å². The number of rotatable bonds is 4. The quantitative estimate of drug-likeness (QED) is 0.674. The predicted octanol–water partition coefficient (Wildman–Crippen LogP) is 5.63. The van der Waals surface area contributed by atoms with Crippen molar-refractivity contribution in [1.29, 1.82) is 0 Å². The Morgan fingerprint density at radius 3 is 2.12 bits per heavy atom. The number of hydrogen-bond donors (Lipinski definition) is 1. The molecule has 0 heterocycles. The summed E-state index contributed by atoms with van der Waals surface area (Å²) in [6, 6.07) is 0. The highest BCUT2D eigenvalue weighted by atomic mass is 16.6. The van der Waals surface area contributed by atoms with Crippen molar-refractivity contribution in [3.05, 3.63) is 0 Å². The Morgan fingerprint density at radius 2 is 1.54 bits per heavy atom. The summed E-state index contributed by atoms with van der Waals surface area (Å²) in [5.74, 6) is 3.47. The number of aliphatic hydroxyl groups is 1. The van der Waals surface area contributed by atoms with E-state index >= 15 is 0 Å². The third-order valence-corrected chi connectivity index (χ3v) is 7.83. The van der Waals surface area contributed by atoms with Gasteiger partial charge in [0.15, 0.2) is 6.29 Å². The molecule has 0 saturated heterocycles. The Kier molecular flexibility index (Phi) is 4.66. The molecule has 0 aromatic rings. The van der Waals surface area contributed by atoms with Gasteiger partial charge >= 0.3 is 0 Å². The SMILES string of the molecule is CC(C)(C)CC(C)(C(O)OC1CC2CC1C1CCCC21)C(C)(C)C. The van der Waals surface area contributed by atoms with E-state index in [0.29, 0.717) is 6.10 Å². The van der Waals surface area contributed by atoms with Crippen LogP contribution < -0.4 is 0 Å². The molecular formula is C22H40O2. The first kappa shape index (κ1) is 18.7. The number of aliphatic hydroxyl groups excluding tert-OH is 1. The lowest BCUT2D eigenvalue weighted by atomic mass is 9.61. The number of ether oxygens (including phenoxy) is 1. The van der Waals surface area contributed by atoms with Gasteiger partial charge in [-0.2, -0.15) is 0 Å². The minimum Gasteiger partial charge on any atom is -0.367 e. The van der Waals surface area contributed by atoms with Gasteiger partial charge in [0.25, 0.3) is 0 Å². The Balaban J connectivity index is 1.71. The minimum absolute atomic E-state index is 0.00715. The maximum Gasteiger partial charge on any atom is 0.160 e. The van der Waals surface area contributed by atoms with E-state index in [0.717, 1.165) is 30.1 Å². The zero-order valence-corrected chi connectivity index (χ0v) is 17.1. The highest BCUT2D eigenvalue weighted by Crippen LogP contribution is 2.60. The molecule has 2 nitrogen and oxygen atoms in total. The van der Waals surface area contributed by atoms with Crippen LogP contribution in [0.5, 0.6) is 0 Å². The van der Waals surface area contributed by atoms with E-state index in [1.54, 1.807) is 0 Å². The normalized spacial score (nSPS) is 39.8. The summed E-state index contributed by atoms with van der Waals surface area (Å²) in [5.41, 5.74) is -0.0486. The van der Waals surface area contributed by atoms with Gasteiger partial charge in [-0.05, 0) is 66.6 Å². The molecule has 2 heteroatoms. The average Bonchev–Trinajstić information content (AvgIpc) is 3.06. The first-order valence-electron chi connectivity index (χ1n) is 10.3. The molecule has 0 radical (unpaired) electrons. The van der Waals surface area contributed by atoms with Crippen LogP contribution in [0.15, 0.2) is 0 Å². The predicted molar refractivity (Wildman–Crippen MR) is 99.6 cm³/mol. The molecule has 3 aliphatic rings. The molecule has 3 fully saturated rings. The molecule has 2 bridgehead atoms. The van der Waals surface area contributed by atoms with Gasteiger partial charge in [-0.3, -0.25) is 0 Å². The van der Waals surface area contributed by atoms with Crippen LogP contribution in [0.3, 0.4) is 0 Å². The first-order valence-corrected chi connectivity index (χ1v) is 10.3. The monoisotopic (exact) mass is 336 g/mol. The maximum atomic E-state index is 11.2. The van der Waals surface area contributed by atoms with Gasteiger partial charge in [-0.25, -0.2) is 0 Å². The molecule has 140 valence electrons. The van der Waals surface area contributed by atoms with Gasteiger partial charge in [0, 0.05) is 5.41 Å². The van der Waals surface area contributed by atoms with Crippen molar-refractivity contribution in [2.45, 2.75) is 99.4 Å². The summed E-state index contributed by atoms with van der Waals surface area (Å²) in [7, 11) is 0. The number of hydrogen-bond acceptors (Lipinski definition) is 2. The summed E-state index contributed by atoms with van der Waals surface area (Å²) in [6.45, 7) is 15.8. The molecule has 0 aromatic heterocycles.